The highest BCUT2D eigenvalue weighted by Gasteiger charge is 2.15. The van der Waals surface area contributed by atoms with Crippen molar-refractivity contribution in [3.8, 4) is 11.4 Å². The number of pyridine rings is 1. The number of carbonyl (C=O) groups excluding carboxylic acids is 1. The average Bonchev–Trinajstić information content (AvgIpc) is 3.43. The predicted octanol–water partition coefficient (Wildman–Crippen LogP) is 3.69. The smallest absolute Gasteiger partial charge is 0.340 e. The van der Waals surface area contributed by atoms with Crippen molar-refractivity contribution in [2.24, 2.45) is 0 Å². The maximum absolute atomic E-state index is 12.5. The Bertz CT molecular complexity index is 1050. The summed E-state index contributed by atoms with van der Waals surface area (Å²) in [7, 11) is 0. The second kappa shape index (κ2) is 8.17. The molecule has 1 N–H and O–H groups in total. The molecule has 3 aromatic heterocycles. The fraction of sp³-hybridized carbons (Fsp3) is 0.100. The van der Waals surface area contributed by atoms with Gasteiger partial charge in [0.1, 0.15) is 5.76 Å². The first-order chi connectivity index (χ1) is 13.8. The summed E-state index contributed by atoms with van der Waals surface area (Å²) in [5.41, 5.74) is 1.77. The minimum Gasteiger partial charge on any atom is -0.467 e. The van der Waals surface area contributed by atoms with Crippen LogP contribution in [0.2, 0.25) is 0 Å². The van der Waals surface area contributed by atoms with E-state index in [9.17, 15) is 4.79 Å². The Kier molecular flexibility index (Phi) is 5.10. The summed E-state index contributed by atoms with van der Waals surface area (Å²) >= 11 is 0. The van der Waals surface area contributed by atoms with Crippen molar-refractivity contribution in [3.05, 3.63) is 84.4 Å². The van der Waals surface area contributed by atoms with Gasteiger partial charge in [0.05, 0.1) is 18.4 Å². The summed E-state index contributed by atoms with van der Waals surface area (Å²) in [6, 6.07) is 14.3. The van der Waals surface area contributed by atoms with Crippen LogP contribution in [-0.2, 0) is 17.9 Å². The number of esters is 1. The van der Waals surface area contributed by atoms with Crippen molar-refractivity contribution in [2.45, 2.75) is 13.2 Å². The molecule has 0 fully saturated rings. The van der Waals surface area contributed by atoms with E-state index in [1.54, 1.807) is 49.0 Å². The SMILES string of the molecule is O=C(OCc1nc(-c2cccnc2)no1)c1ccccc1NCc1ccco1. The number of nitrogens with zero attached hydrogens (tertiary/aromatic N) is 3. The number of furan rings is 1. The molecule has 0 atom stereocenters. The van der Waals surface area contributed by atoms with E-state index in [1.165, 1.54) is 0 Å². The number of rotatable bonds is 7. The van der Waals surface area contributed by atoms with Crippen LogP contribution < -0.4 is 5.32 Å². The van der Waals surface area contributed by atoms with Gasteiger partial charge in [-0.05, 0) is 36.4 Å². The fourth-order valence-electron chi connectivity index (χ4n) is 2.54. The molecule has 0 aliphatic carbocycles. The molecular weight excluding hydrogens is 360 g/mol. The molecule has 0 bridgehead atoms. The zero-order chi connectivity index (χ0) is 19.2. The van der Waals surface area contributed by atoms with Gasteiger partial charge >= 0.3 is 5.97 Å². The molecular formula is C20H16N4O4. The van der Waals surface area contributed by atoms with Gasteiger partial charge in [-0.2, -0.15) is 4.98 Å². The normalized spacial score (nSPS) is 10.6. The first-order valence-corrected chi connectivity index (χ1v) is 8.55. The molecule has 0 unspecified atom stereocenters. The molecule has 4 aromatic rings. The molecule has 0 amide bonds. The van der Waals surface area contributed by atoms with Crippen molar-refractivity contribution in [1.29, 1.82) is 0 Å². The van der Waals surface area contributed by atoms with E-state index >= 15 is 0 Å². The number of nitrogens with one attached hydrogen (secondary N) is 1. The minimum absolute atomic E-state index is 0.126. The molecule has 1 aromatic carbocycles. The summed E-state index contributed by atoms with van der Waals surface area (Å²) in [4.78, 5) is 20.7. The van der Waals surface area contributed by atoms with Crippen LogP contribution in [0.1, 0.15) is 22.0 Å². The number of hydrogen-bond acceptors (Lipinski definition) is 8. The Morgan fingerprint density at radius 2 is 2.04 bits per heavy atom. The Hall–Kier alpha value is -3.94. The van der Waals surface area contributed by atoms with Crippen molar-refractivity contribution < 1.29 is 18.5 Å². The van der Waals surface area contributed by atoms with Gasteiger partial charge in [0, 0.05) is 23.6 Å². The lowest BCUT2D eigenvalue weighted by atomic mass is 10.2. The Labute approximate surface area is 160 Å². The van der Waals surface area contributed by atoms with Gasteiger partial charge in [-0.25, -0.2) is 4.79 Å². The van der Waals surface area contributed by atoms with Crippen LogP contribution >= 0.6 is 0 Å². The zero-order valence-electron chi connectivity index (χ0n) is 14.7. The maximum atomic E-state index is 12.5. The third-order valence-electron chi connectivity index (χ3n) is 3.89. The van der Waals surface area contributed by atoms with Gasteiger partial charge in [-0.3, -0.25) is 4.98 Å². The predicted molar refractivity (Wildman–Crippen MR) is 99.1 cm³/mol. The number of carbonyl (C=O) groups is 1. The summed E-state index contributed by atoms with van der Waals surface area (Å²) in [6.07, 6.45) is 4.88. The number of para-hydroxylation sites is 1. The van der Waals surface area contributed by atoms with Crippen LogP contribution in [0.5, 0.6) is 0 Å². The molecule has 140 valence electrons. The number of hydrogen-bond donors (Lipinski definition) is 1. The van der Waals surface area contributed by atoms with Gasteiger partial charge in [0.25, 0.3) is 5.89 Å². The summed E-state index contributed by atoms with van der Waals surface area (Å²) < 4.78 is 15.8. The average molecular weight is 376 g/mol. The van der Waals surface area contributed by atoms with Crippen molar-refractivity contribution >= 4 is 11.7 Å². The second-order valence-corrected chi connectivity index (χ2v) is 5.81. The van der Waals surface area contributed by atoms with Gasteiger partial charge in [-0.1, -0.05) is 17.3 Å². The summed E-state index contributed by atoms with van der Waals surface area (Å²) in [5.74, 6) is 0.855. The highest BCUT2D eigenvalue weighted by Crippen LogP contribution is 2.19. The first kappa shape index (κ1) is 17.5. The molecule has 0 aliphatic heterocycles. The molecule has 0 saturated heterocycles. The van der Waals surface area contributed by atoms with Crippen LogP contribution in [0.4, 0.5) is 5.69 Å². The highest BCUT2D eigenvalue weighted by molar-refractivity contribution is 5.95. The molecule has 3 heterocycles. The second-order valence-electron chi connectivity index (χ2n) is 5.81. The lowest BCUT2D eigenvalue weighted by Crippen LogP contribution is -2.10. The Balaban J connectivity index is 1.40. The van der Waals surface area contributed by atoms with Crippen molar-refractivity contribution in [2.75, 3.05) is 5.32 Å². The molecule has 0 aliphatic rings. The quantitative estimate of drug-likeness (QED) is 0.487. The summed E-state index contributed by atoms with van der Waals surface area (Å²) in [6.45, 7) is 0.327. The van der Waals surface area contributed by atoms with Gasteiger partial charge in [0.2, 0.25) is 5.82 Å². The molecule has 8 heteroatoms. The van der Waals surface area contributed by atoms with Crippen LogP contribution in [0.15, 0.2) is 76.1 Å². The van der Waals surface area contributed by atoms with Crippen LogP contribution in [0.25, 0.3) is 11.4 Å². The van der Waals surface area contributed by atoms with E-state index < -0.39 is 5.97 Å². The number of anilines is 1. The van der Waals surface area contributed by atoms with Crippen molar-refractivity contribution in [3.63, 3.8) is 0 Å². The van der Waals surface area contributed by atoms with E-state index in [-0.39, 0.29) is 12.5 Å². The molecule has 0 radical (unpaired) electrons. The first-order valence-electron chi connectivity index (χ1n) is 8.55. The molecule has 28 heavy (non-hydrogen) atoms. The van der Waals surface area contributed by atoms with E-state index in [0.29, 0.717) is 23.6 Å². The van der Waals surface area contributed by atoms with Crippen molar-refractivity contribution in [1.82, 2.24) is 15.1 Å². The third-order valence-corrected chi connectivity index (χ3v) is 3.89. The van der Waals surface area contributed by atoms with E-state index in [0.717, 1.165) is 11.3 Å². The summed E-state index contributed by atoms with van der Waals surface area (Å²) in [5, 5.41) is 7.04. The van der Waals surface area contributed by atoms with Gasteiger partial charge in [-0.15, -0.1) is 0 Å². The number of aromatic nitrogens is 3. The third kappa shape index (κ3) is 4.07. The number of ether oxygens (including phenoxy) is 1. The Morgan fingerprint density at radius 3 is 2.86 bits per heavy atom. The van der Waals surface area contributed by atoms with E-state index in [1.807, 2.05) is 18.2 Å². The molecule has 4 rings (SSSR count). The highest BCUT2D eigenvalue weighted by atomic mass is 16.6. The van der Waals surface area contributed by atoms with Gasteiger partial charge < -0.3 is 19.0 Å². The molecule has 0 saturated carbocycles. The van der Waals surface area contributed by atoms with E-state index in [4.69, 9.17) is 13.7 Å². The number of benzene rings is 1. The largest absolute Gasteiger partial charge is 0.467 e. The Morgan fingerprint density at radius 1 is 1.11 bits per heavy atom. The molecule has 0 spiro atoms. The van der Waals surface area contributed by atoms with Crippen LogP contribution in [0.3, 0.4) is 0 Å². The molecule has 8 nitrogen and oxygen atoms in total. The topological polar surface area (TPSA) is 103 Å². The van der Waals surface area contributed by atoms with Crippen LogP contribution in [-0.4, -0.2) is 21.1 Å². The maximum Gasteiger partial charge on any atom is 0.340 e. The van der Waals surface area contributed by atoms with Gasteiger partial charge in [0.15, 0.2) is 6.61 Å². The van der Waals surface area contributed by atoms with Crippen LogP contribution in [0, 0.1) is 0 Å². The minimum atomic E-state index is -0.497. The lowest BCUT2D eigenvalue weighted by molar-refractivity contribution is 0.0431. The fourth-order valence-corrected chi connectivity index (χ4v) is 2.54. The van der Waals surface area contributed by atoms with E-state index in [2.05, 4.69) is 20.4 Å². The standard InChI is InChI=1S/C20H16N4O4/c25-20(16-7-1-2-8-17(16)22-12-15-6-4-10-26-15)27-13-18-23-19(24-28-18)14-5-3-9-21-11-14/h1-11,22H,12-13H2. The monoisotopic (exact) mass is 376 g/mol. The zero-order valence-corrected chi connectivity index (χ0v) is 14.7. The lowest BCUT2D eigenvalue weighted by Gasteiger charge is -2.10.